The van der Waals surface area contributed by atoms with Gasteiger partial charge in [-0.25, -0.2) is 9.07 Å². The maximum absolute atomic E-state index is 12.9. The number of benzene rings is 1. The number of nitrogens with two attached hydrogens (primary N) is 1. The molecule has 5 nitrogen and oxygen atoms in total. The van der Waals surface area contributed by atoms with Gasteiger partial charge >= 0.3 is 0 Å². The molecule has 0 fully saturated rings. The number of hydrogen-bond acceptors (Lipinski definition) is 4. The van der Waals surface area contributed by atoms with Crippen LogP contribution in [0.1, 0.15) is 18.1 Å². The number of hydrogen-bond donors (Lipinski definition) is 1. The molecular formula is C14H16FN5. The van der Waals surface area contributed by atoms with E-state index in [1.54, 1.807) is 16.8 Å². The van der Waals surface area contributed by atoms with Gasteiger partial charge in [0.2, 0.25) is 0 Å². The van der Waals surface area contributed by atoms with Crippen molar-refractivity contribution in [1.29, 1.82) is 5.26 Å². The molecule has 2 N–H and O–H groups in total. The first-order valence-electron chi connectivity index (χ1n) is 6.28. The monoisotopic (exact) mass is 273 g/mol. The highest BCUT2D eigenvalue weighted by atomic mass is 19.1. The van der Waals surface area contributed by atoms with Crippen molar-refractivity contribution >= 4 is 11.6 Å². The smallest absolute Gasteiger partial charge is 0.170 e. The molecule has 6 heteroatoms. The summed E-state index contributed by atoms with van der Waals surface area (Å²) in [5, 5.41) is 13.6. The molecule has 0 amide bonds. The van der Waals surface area contributed by atoms with Crippen LogP contribution in [-0.4, -0.2) is 23.4 Å². The van der Waals surface area contributed by atoms with E-state index in [4.69, 9.17) is 5.73 Å². The van der Waals surface area contributed by atoms with Gasteiger partial charge in [-0.3, -0.25) is 0 Å². The van der Waals surface area contributed by atoms with Crippen molar-refractivity contribution in [2.75, 3.05) is 24.2 Å². The molecule has 0 aliphatic carbocycles. The highest BCUT2D eigenvalue weighted by molar-refractivity contribution is 5.64. The quantitative estimate of drug-likeness (QED) is 0.924. The second-order valence-corrected chi connectivity index (χ2v) is 4.49. The highest BCUT2D eigenvalue weighted by Gasteiger charge is 2.17. The lowest BCUT2D eigenvalue weighted by Crippen LogP contribution is -2.17. The number of rotatable bonds is 4. The van der Waals surface area contributed by atoms with Crippen LogP contribution in [0.5, 0.6) is 0 Å². The van der Waals surface area contributed by atoms with Gasteiger partial charge in [0.15, 0.2) is 5.82 Å². The van der Waals surface area contributed by atoms with Crippen LogP contribution in [0, 0.1) is 17.1 Å². The van der Waals surface area contributed by atoms with Crippen LogP contribution in [0.2, 0.25) is 0 Å². The normalized spacial score (nSPS) is 10.3. The Bertz CT molecular complexity index is 639. The Morgan fingerprint density at radius 2 is 2.05 bits per heavy atom. The van der Waals surface area contributed by atoms with E-state index < -0.39 is 0 Å². The molecule has 2 rings (SSSR count). The van der Waals surface area contributed by atoms with E-state index in [9.17, 15) is 9.65 Å². The Morgan fingerprint density at radius 3 is 2.60 bits per heavy atom. The largest absolute Gasteiger partial charge is 0.383 e. The summed E-state index contributed by atoms with van der Waals surface area (Å²) in [4.78, 5) is 1.86. The Morgan fingerprint density at radius 1 is 1.40 bits per heavy atom. The van der Waals surface area contributed by atoms with Crippen molar-refractivity contribution < 1.29 is 4.39 Å². The van der Waals surface area contributed by atoms with E-state index >= 15 is 0 Å². The van der Waals surface area contributed by atoms with Crippen molar-refractivity contribution in [3.05, 3.63) is 41.2 Å². The van der Waals surface area contributed by atoms with Gasteiger partial charge in [-0.2, -0.15) is 10.4 Å². The third-order valence-electron chi connectivity index (χ3n) is 3.17. The molecule has 0 aliphatic heterocycles. The van der Waals surface area contributed by atoms with E-state index in [-0.39, 0.29) is 5.82 Å². The Kier molecular flexibility index (Phi) is 3.89. The predicted molar refractivity (Wildman–Crippen MR) is 75.8 cm³/mol. The molecule has 0 atom stereocenters. The number of nitrogens with zero attached hydrogens (tertiary/aromatic N) is 4. The van der Waals surface area contributed by atoms with Gasteiger partial charge < -0.3 is 10.6 Å². The van der Waals surface area contributed by atoms with Gasteiger partial charge in [0.1, 0.15) is 23.3 Å². The zero-order valence-corrected chi connectivity index (χ0v) is 11.5. The molecule has 0 saturated carbocycles. The topological polar surface area (TPSA) is 70.9 Å². The summed E-state index contributed by atoms with van der Waals surface area (Å²) in [6, 6.07) is 8.21. The minimum absolute atomic E-state index is 0.286. The number of nitriles is 1. The molecule has 2 aromatic rings. The molecule has 1 aromatic heterocycles. The molecule has 20 heavy (non-hydrogen) atoms. The van der Waals surface area contributed by atoms with Crippen LogP contribution in [0.4, 0.5) is 16.0 Å². The van der Waals surface area contributed by atoms with Crippen LogP contribution >= 0.6 is 0 Å². The van der Waals surface area contributed by atoms with E-state index in [0.717, 1.165) is 12.1 Å². The first-order valence-corrected chi connectivity index (χ1v) is 6.28. The summed E-state index contributed by atoms with van der Waals surface area (Å²) in [6.45, 7) is 3.09. The number of nitrogen functional groups attached to an aromatic ring is 1. The van der Waals surface area contributed by atoms with E-state index in [2.05, 4.69) is 11.2 Å². The van der Waals surface area contributed by atoms with Gasteiger partial charge in [-0.15, -0.1) is 0 Å². The zero-order chi connectivity index (χ0) is 14.7. The third kappa shape index (κ3) is 2.57. The first kappa shape index (κ1) is 13.9. The van der Waals surface area contributed by atoms with Crippen molar-refractivity contribution in [2.45, 2.75) is 13.5 Å². The molecule has 0 bridgehead atoms. The summed E-state index contributed by atoms with van der Waals surface area (Å²) in [6.07, 6.45) is 0. The van der Waals surface area contributed by atoms with Gasteiger partial charge in [0, 0.05) is 13.6 Å². The lowest BCUT2D eigenvalue weighted by Gasteiger charge is -2.12. The average molecular weight is 273 g/mol. The fourth-order valence-electron chi connectivity index (χ4n) is 1.87. The van der Waals surface area contributed by atoms with Crippen LogP contribution in [0.25, 0.3) is 0 Å². The summed E-state index contributed by atoms with van der Waals surface area (Å²) in [7, 11) is 1.85. The number of anilines is 2. The van der Waals surface area contributed by atoms with Crippen LogP contribution in [-0.2, 0) is 6.54 Å². The molecular weight excluding hydrogens is 257 g/mol. The number of halogens is 1. The molecule has 0 aliphatic rings. The molecule has 104 valence electrons. The Labute approximate surface area is 117 Å². The lowest BCUT2D eigenvalue weighted by atomic mass is 10.2. The van der Waals surface area contributed by atoms with Crippen molar-refractivity contribution in [1.82, 2.24) is 9.78 Å². The summed E-state index contributed by atoms with van der Waals surface area (Å²) >= 11 is 0. The molecule has 0 radical (unpaired) electrons. The van der Waals surface area contributed by atoms with E-state index in [0.29, 0.717) is 23.7 Å². The Hall–Kier alpha value is -2.55. The average Bonchev–Trinajstić information content (AvgIpc) is 2.77. The summed E-state index contributed by atoms with van der Waals surface area (Å²) in [5.41, 5.74) is 7.20. The second kappa shape index (κ2) is 5.61. The number of aromatic nitrogens is 2. The SMILES string of the molecule is CCN(C)c1nn(Cc2ccc(F)cc2)c(N)c1C#N. The third-order valence-corrected chi connectivity index (χ3v) is 3.17. The first-order chi connectivity index (χ1) is 9.56. The predicted octanol–water partition coefficient (Wildman–Crippen LogP) is 1.98. The fraction of sp³-hybridized carbons (Fsp3) is 0.286. The molecule has 0 unspecified atom stereocenters. The van der Waals surface area contributed by atoms with Gasteiger partial charge in [-0.1, -0.05) is 12.1 Å². The van der Waals surface area contributed by atoms with Crippen molar-refractivity contribution in [3.63, 3.8) is 0 Å². The molecule has 1 aromatic carbocycles. The fourth-order valence-corrected chi connectivity index (χ4v) is 1.87. The van der Waals surface area contributed by atoms with Crippen molar-refractivity contribution in [2.24, 2.45) is 0 Å². The molecule has 1 heterocycles. The molecule has 0 saturated heterocycles. The van der Waals surface area contributed by atoms with Crippen LogP contribution < -0.4 is 10.6 Å². The van der Waals surface area contributed by atoms with Crippen molar-refractivity contribution in [3.8, 4) is 6.07 Å². The summed E-state index contributed by atoms with van der Waals surface area (Å²) < 4.78 is 14.4. The second-order valence-electron chi connectivity index (χ2n) is 4.49. The zero-order valence-electron chi connectivity index (χ0n) is 11.5. The minimum atomic E-state index is -0.286. The highest BCUT2D eigenvalue weighted by Crippen LogP contribution is 2.24. The van der Waals surface area contributed by atoms with Gasteiger partial charge in [-0.05, 0) is 24.6 Å². The lowest BCUT2D eigenvalue weighted by molar-refractivity contribution is 0.624. The van der Waals surface area contributed by atoms with Gasteiger partial charge in [0.05, 0.1) is 6.54 Å². The standard InChI is InChI=1S/C14H16FN5/c1-3-19(2)14-12(8-16)13(17)20(18-14)9-10-4-6-11(15)7-5-10/h4-7H,3,9,17H2,1-2H3. The van der Waals surface area contributed by atoms with E-state index in [1.165, 1.54) is 12.1 Å². The Balaban J connectivity index is 2.35. The van der Waals surface area contributed by atoms with Gasteiger partial charge in [0.25, 0.3) is 0 Å². The maximum atomic E-state index is 12.9. The van der Waals surface area contributed by atoms with Crippen LogP contribution in [0.3, 0.4) is 0 Å². The van der Waals surface area contributed by atoms with Crippen LogP contribution in [0.15, 0.2) is 24.3 Å². The minimum Gasteiger partial charge on any atom is -0.383 e. The maximum Gasteiger partial charge on any atom is 0.170 e. The molecule has 0 spiro atoms. The van der Waals surface area contributed by atoms with E-state index in [1.807, 2.05) is 18.9 Å². The summed E-state index contributed by atoms with van der Waals surface area (Å²) in [5.74, 6) is 0.605.